The van der Waals surface area contributed by atoms with E-state index in [2.05, 4.69) is 33.1 Å². The molecule has 0 bridgehead atoms. The Balaban J connectivity index is 2.03. The van der Waals surface area contributed by atoms with E-state index in [1.165, 1.54) is 0 Å². The Morgan fingerprint density at radius 2 is 2.00 bits per heavy atom. The molecule has 3 nitrogen and oxygen atoms in total. The fourth-order valence-corrected chi connectivity index (χ4v) is 2.15. The molecule has 0 unspecified atom stereocenters. The summed E-state index contributed by atoms with van der Waals surface area (Å²) >= 11 is 8.03. The van der Waals surface area contributed by atoms with Gasteiger partial charge in [-0.05, 0) is 46.9 Å². The summed E-state index contributed by atoms with van der Waals surface area (Å²) in [6.07, 6.45) is 1.62. The van der Waals surface area contributed by atoms with Gasteiger partial charge >= 0.3 is 0 Å². The van der Waals surface area contributed by atoms with Gasteiger partial charge in [-0.3, -0.25) is 4.79 Å². The Hall–Kier alpha value is -1.40. The van der Waals surface area contributed by atoms with Gasteiger partial charge in [0.05, 0.1) is 6.21 Å². The molecule has 96 valence electrons. The predicted octanol–water partition coefficient (Wildman–Crippen LogP) is 3.71. The Bertz CT molecular complexity index is 628. The second kappa shape index (κ2) is 6.68. The summed E-state index contributed by atoms with van der Waals surface area (Å²) in [4.78, 5) is 11.8. The van der Waals surface area contributed by atoms with Crippen molar-refractivity contribution >= 4 is 46.3 Å². The zero-order valence-electron chi connectivity index (χ0n) is 9.81. The fourth-order valence-electron chi connectivity index (χ4n) is 1.43. The first-order valence-electron chi connectivity index (χ1n) is 5.50. The SMILES string of the molecule is O=C(N/N=C/c1ccccc1I)c1cccc(Cl)c1. The molecule has 0 aliphatic carbocycles. The lowest BCUT2D eigenvalue weighted by Gasteiger charge is -2.00. The fraction of sp³-hybridized carbons (Fsp3) is 0. The highest BCUT2D eigenvalue weighted by Crippen LogP contribution is 2.11. The zero-order valence-corrected chi connectivity index (χ0v) is 12.7. The zero-order chi connectivity index (χ0) is 13.7. The molecule has 0 aromatic heterocycles. The molecule has 2 rings (SSSR count). The second-order valence-corrected chi connectivity index (χ2v) is 5.33. The van der Waals surface area contributed by atoms with Gasteiger partial charge in [-0.15, -0.1) is 0 Å². The third-order valence-electron chi connectivity index (χ3n) is 2.36. The Labute approximate surface area is 129 Å². The van der Waals surface area contributed by atoms with Crippen LogP contribution in [0.5, 0.6) is 0 Å². The molecule has 1 amide bonds. The third kappa shape index (κ3) is 4.04. The average Bonchev–Trinajstić information content (AvgIpc) is 2.41. The van der Waals surface area contributed by atoms with E-state index in [1.807, 2.05) is 24.3 Å². The van der Waals surface area contributed by atoms with Gasteiger partial charge in [-0.1, -0.05) is 35.9 Å². The van der Waals surface area contributed by atoms with Crippen LogP contribution in [-0.2, 0) is 0 Å². The van der Waals surface area contributed by atoms with Gasteiger partial charge in [-0.2, -0.15) is 5.10 Å². The lowest BCUT2D eigenvalue weighted by Crippen LogP contribution is -2.17. The first-order chi connectivity index (χ1) is 9.16. The van der Waals surface area contributed by atoms with Gasteiger partial charge in [0, 0.05) is 19.7 Å². The third-order valence-corrected chi connectivity index (χ3v) is 3.58. The maximum Gasteiger partial charge on any atom is 0.271 e. The number of hydrazone groups is 1. The van der Waals surface area contributed by atoms with Crippen molar-refractivity contribution in [1.82, 2.24) is 5.43 Å². The largest absolute Gasteiger partial charge is 0.271 e. The van der Waals surface area contributed by atoms with E-state index in [0.717, 1.165) is 9.13 Å². The number of hydrogen-bond donors (Lipinski definition) is 1. The van der Waals surface area contributed by atoms with Crippen LogP contribution in [0.15, 0.2) is 53.6 Å². The highest BCUT2D eigenvalue weighted by atomic mass is 127. The number of hydrogen-bond acceptors (Lipinski definition) is 2. The van der Waals surface area contributed by atoms with Gasteiger partial charge < -0.3 is 0 Å². The normalized spacial score (nSPS) is 10.6. The van der Waals surface area contributed by atoms with E-state index in [9.17, 15) is 4.79 Å². The van der Waals surface area contributed by atoms with Crippen molar-refractivity contribution in [2.75, 3.05) is 0 Å². The number of nitrogens with one attached hydrogen (secondary N) is 1. The number of nitrogens with zero attached hydrogens (tertiary/aromatic N) is 1. The highest BCUT2D eigenvalue weighted by molar-refractivity contribution is 14.1. The minimum absolute atomic E-state index is 0.287. The van der Waals surface area contributed by atoms with Crippen molar-refractivity contribution < 1.29 is 4.79 Å². The number of rotatable bonds is 3. The Kier molecular flexibility index (Phi) is 4.93. The van der Waals surface area contributed by atoms with Crippen molar-refractivity contribution in [3.63, 3.8) is 0 Å². The maximum absolute atomic E-state index is 11.8. The molecular weight excluding hydrogens is 375 g/mol. The molecule has 0 saturated heterocycles. The van der Waals surface area contributed by atoms with Gasteiger partial charge in [0.1, 0.15) is 0 Å². The van der Waals surface area contributed by atoms with E-state index in [0.29, 0.717) is 10.6 Å². The molecule has 0 aliphatic rings. The van der Waals surface area contributed by atoms with Crippen molar-refractivity contribution in [3.8, 4) is 0 Å². The van der Waals surface area contributed by atoms with Gasteiger partial charge in [0.25, 0.3) is 5.91 Å². The van der Waals surface area contributed by atoms with Gasteiger partial charge in [0.2, 0.25) is 0 Å². The number of halogens is 2. The molecule has 0 aliphatic heterocycles. The molecule has 0 radical (unpaired) electrons. The number of carbonyl (C=O) groups excluding carboxylic acids is 1. The van der Waals surface area contributed by atoms with Crippen LogP contribution in [-0.4, -0.2) is 12.1 Å². The van der Waals surface area contributed by atoms with E-state index < -0.39 is 0 Å². The molecule has 19 heavy (non-hydrogen) atoms. The van der Waals surface area contributed by atoms with E-state index >= 15 is 0 Å². The Morgan fingerprint density at radius 1 is 1.21 bits per heavy atom. The molecule has 5 heteroatoms. The lowest BCUT2D eigenvalue weighted by molar-refractivity contribution is 0.0955. The van der Waals surface area contributed by atoms with Gasteiger partial charge in [0.15, 0.2) is 0 Å². The molecule has 0 fully saturated rings. The van der Waals surface area contributed by atoms with Crippen molar-refractivity contribution in [2.24, 2.45) is 5.10 Å². The molecule has 0 saturated carbocycles. The molecule has 0 atom stereocenters. The van der Waals surface area contributed by atoms with E-state index in [-0.39, 0.29) is 5.91 Å². The predicted molar refractivity (Wildman–Crippen MR) is 85.7 cm³/mol. The molecule has 1 N–H and O–H groups in total. The summed E-state index contributed by atoms with van der Waals surface area (Å²) in [5.41, 5.74) is 3.90. The summed E-state index contributed by atoms with van der Waals surface area (Å²) in [7, 11) is 0. The van der Waals surface area contributed by atoms with Gasteiger partial charge in [-0.25, -0.2) is 5.43 Å². The van der Waals surface area contributed by atoms with Crippen LogP contribution in [0.1, 0.15) is 15.9 Å². The summed E-state index contributed by atoms with van der Waals surface area (Å²) < 4.78 is 1.07. The van der Waals surface area contributed by atoms with E-state index in [4.69, 9.17) is 11.6 Å². The lowest BCUT2D eigenvalue weighted by atomic mass is 10.2. The molecule has 2 aromatic carbocycles. The van der Waals surface area contributed by atoms with Crippen LogP contribution in [0.3, 0.4) is 0 Å². The monoisotopic (exact) mass is 384 g/mol. The van der Waals surface area contributed by atoms with Crippen LogP contribution < -0.4 is 5.43 Å². The van der Waals surface area contributed by atoms with Crippen LogP contribution in [0.2, 0.25) is 5.02 Å². The minimum Gasteiger partial charge on any atom is -0.267 e. The first-order valence-corrected chi connectivity index (χ1v) is 6.96. The van der Waals surface area contributed by atoms with Crippen molar-refractivity contribution in [2.45, 2.75) is 0 Å². The summed E-state index contributed by atoms with van der Waals surface area (Å²) in [6, 6.07) is 14.5. The standard InChI is InChI=1S/C14H10ClIN2O/c15-12-6-3-5-10(8-12)14(19)18-17-9-11-4-1-2-7-13(11)16/h1-9H,(H,18,19)/b17-9+. The van der Waals surface area contributed by atoms with Crippen LogP contribution in [0.4, 0.5) is 0 Å². The second-order valence-electron chi connectivity index (χ2n) is 3.73. The molecule has 0 heterocycles. The summed E-state index contributed by atoms with van der Waals surface area (Å²) in [6.45, 7) is 0. The summed E-state index contributed by atoms with van der Waals surface area (Å²) in [5.74, 6) is -0.287. The number of benzene rings is 2. The average molecular weight is 385 g/mol. The molecule has 2 aromatic rings. The highest BCUT2D eigenvalue weighted by Gasteiger charge is 2.03. The quantitative estimate of drug-likeness (QED) is 0.489. The van der Waals surface area contributed by atoms with Crippen LogP contribution in [0, 0.1) is 3.57 Å². The van der Waals surface area contributed by atoms with Crippen LogP contribution in [0.25, 0.3) is 0 Å². The topological polar surface area (TPSA) is 41.5 Å². The summed E-state index contributed by atoms with van der Waals surface area (Å²) in [5, 5.41) is 4.46. The maximum atomic E-state index is 11.8. The smallest absolute Gasteiger partial charge is 0.267 e. The molecule has 0 spiro atoms. The first kappa shape index (κ1) is 14.0. The van der Waals surface area contributed by atoms with Crippen LogP contribution >= 0.6 is 34.2 Å². The van der Waals surface area contributed by atoms with Crippen molar-refractivity contribution in [3.05, 3.63) is 68.3 Å². The number of amides is 1. The van der Waals surface area contributed by atoms with Crippen molar-refractivity contribution in [1.29, 1.82) is 0 Å². The minimum atomic E-state index is -0.287. The Morgan fingerprint density at radius 3 is 2.74 bits per heavy atom. The van der Waals surface area contributed by atoms with E-state index in [1.54, 1.807) is 30.5 Å². The number of carbonyl (C=O) groups is 1. The molecular formula is C14H10ClIN2O.